The van der Waals surface area contributed by atoms with Crippen LogP contribution in [0.5, 0.6) is 0 Å². The van der Waals surface area contributed by atoms with Crippen LogP contribution in [0, 0.1) is 0 Å². The highest BCUT2D eigenvalue weighted by Crippen LogP contribution is 2.22. The molecule has 3 rings (SSSR count). The number of benzene rings is 2. The Bertz CT molecular complexity index is 748. The monoisotopic (exact) mass is 276 g/mol. The number of hydrogen-bond acceptors (Lipinski definition) is 4. The van der Waals surface area contributed by atoms with Crippen molar-refractivity contribution >= 4 is 16.6 Å². The molecule has 0 amide bonds. The molecule has 0 saturated heterocycles. The molecule has 3 aromatic rings. The van der Waals surface area contributed by atoms with Crippen molar-refractivity contribution in [1.82, 2.24) is 10.2 Å². The van der Waals surface area contributed by atoms with Crippen molar-refractivity contribution < 1.29 is 0 Å². The Labute approximate surface area is 123 Å². The van der Waals surface area contributed by atoms with E-state index in [1.54, 1.807) is 6.20 Å². The zero-order valence-electron chi connectivity index (χ0n) is 11.8. The quantitative estimate of drug-likeness (QED) is 0.665. The average Bonchev–Trinajstić information content (AvgIpc) is 2.54. The van der Waals surface area contributed by atoms with E-state index in [1.165, 1.54) is 5.56 Å². The van der Waals surface area contributed by atoms with Crippen LogP contribution < -0.4 is 0 Å². The second-order valence-electron chi connectivity index (χ2n) is 5.01. The molecule has 0 spiro atoms. The van der Waals surface area contributed by atoms with E-state index < -0.39 is 0 Å². The minimum absolute atomic E-state index is 0.105. The summed E-state index contributed by atoms with van der Waals surface area (Å²) in [6.45, 7) is 2.05. The van der Waals surface area contributed by atoms with Gasteiger partial charge in [-0.3, -0.25) is 0 Å². The van der Waals surface area contributed by atoms with Gasteiger partial charge in [0.05, 0.1) is 12.2 Å². The van der Waals surface area contributed by atoms with Crippen molar-refractivity contribution in [3.8, 4) is 0 Å². The van der Waals surface area contributed by atoms with Crippen molar-refractivity contribution in [2.75, 3.05) is 0 Å². The summed E-state index contributed by atoms with van der Waals surface area (Å²) in [6, 6.07) is 18.3. The molecule has 21 heavy (non-hydrogen) atoms. The van der Waals surface area contributed by atoms with Crippen LogP contribution in [0.15, 0.2) is 71.0 Å². The molecule has 0 bridgehead atoms. The second-order valence-corrected chi connectivity index (χ2v) is 5.01. The van der Waals surface area contributed by atoms with Crippen LogP contribution in [0.3, 0.4) is 0 Å². The maximum Gasteiger partial charge on any atom is 0.203 e. The van der Waals surface area contributed by atoms with E-state index in [4.69, 9.17) is 0 Å². The van der Waals surface area contributed by atoms with Gasteiger partial charge in [-0.25, -0.2) is 0 Å². The Morgan fingerprint density at radius 2 is 1.76 bits per heavy atom. The van der Waals surface area contributed by atoms with Crippen molar-refractivity contribution in [1.29, 1.82) is 0 Å². The number of fused-ring (bicyclic) bond motifs is 1. The lowest BCUT2D eigenvalue weighted by atomic mass is 10.1. The maximum atomic E-state index is 4.36. The lowest BCUT2D eigenvalue weighted by Gasteiger charge is -2.05. The molecular weight excluding hydrogens is 260 g/mol. The smallest absolute Gasteiger partial charge is 0.184 e. The topological polar surface area (TPSA) is 50.5 Å². The highest BCUT2D eigenvalue weighted by atomic mass is 15.2. The third-order valence-electron chi connectivity index (χ3n) is 3.27. The van der Waals surface area contributed by atoms with Gasteiger partial charge in [0.2, 0.25) is 5.82 Å². The van der Waals surface area contributed by atoms with Gasteiger partial charge in [0.25, 0.3) is 0 Å². The summed E-state index contributed by atoms with van der Waals surface area (Å²) in [5, 5.41) is 18.7. The van der Waals surface area contributed by atoms with Crippen LogP contribution in [-0.4, -0.2) is 16.2 Å². The van der Waals surface area contributed by atoms with Gasteiger partial charge >= 0.3 is 0 Å². The van der Waals surface area contributed by atoms with Crippen LogP contribution >= 0.6 is 0 Å². The van der Waals surface area contributed by atoms with Gasteiger partial charge < -0.3 is 0 Å². The summed E-state index contributed by atoms with van der Waals surface area (Å²) in [5.74, 6) is 0.577. The van der Waals surface area contributed by atoms with Crippen molar-refractivity contribution in [2.24, 2.45) is 10.2 Å². The zero-order chi connectivity index (χ0) is 14.5. The molecule has 0 N–H and O–H groups in total. The van der Waals surface area contributed by atoms with Gasteiger partial charge in [-0.1, -0.05) is 54.6 Å². The fourth-order valence-electron chi connectivity index (χ4n) is 2.24. The first-order valence-electron chi connectivity index (χ1n) is 6.98. The van der Waals surface area contributed by atoms with Crippen molar-refractivity contribution in [3.63, 3.8) is 0 Å². The molecule has 1 heterocycles. The number of hydrogen-bond donors (Lipinski definition) is 0. The third-order valence-corrected chi connectivity index (χ3v) is 3.27. The Kier molecular flexibility index (Phi) is 3.96. The van der Waals surface area contributed by atoms with Crippen LogP contribution in [0.25, 0.3) is 10.8 Å². The molecule has 2 aromatic carbocycles. The molecule has 1 aromatic heterocycles. The zero-order valence-corrected chi connectivity index (χ0v) is 11.8. The first kappa shape index (κ1) is 13.4. The summed E-state index contributed by atoms with van der Waals surface area (Å²) in [6.07, 6.45) is 2.60. The van der Waals surface area contributed by atoms with E-state index >= 15 is 0 Å². The molecule has 0 aliphatic rings. The molecule has 0 aliphatic carbocycles. The first-order valence-corrected chi connectivity index (χ1v) is 6.98. The van der Waals surface area contributed by atoms with Gasteiger partial charge in [0.1, 0.15) is 0 Å². The van der Waals surface area contributed by atoms with E-state index in [0.717, 1.165) is 17.2 Å². The minimum Gasteiger partial charge on any atom is -0.184 e. The van der Waals surface area contributed by atoms with E-state index in [1.807, 2.05) is 42.5 Å². The molecule has 4 heteroatoms. The lowest BCUT2D eigenvalue weighted by Crippen LogP contribution is -2.01. The highest BCUT2D eigenvalue weighted by Gasteiger charge is 2.04. The fourth-order valence-corrected chi connectivity index (χ4v) is 2.24. The molecule has 1 atom stereocenters. The number of nitrogens with zero attached hydrogens (tertiary/aromatic N) is 4. The van der Waals surface area contributed by atoms with E-state index in [-0.39, 0.29) is 6.04 Å². The normalized spacial score (nSPS) is 12.8. The molecular formula is C17H16N4. The second kappa shape index (κ2) is 6.22. The van der Waals surface area contributed by atoms with Gasteiger partial charge in [0.15, 0.2) is 0 Å². The summed E-state index contributed by atoms with van der Waals surface area (Å²) < 4.78 is 0. The number of aromatic nitrogens is 2. The standard InChI is InChI=1S/C17H16N4/c1-13(11-14-7-3-2-4-8-14)19-21-17-16-10-6-5-9-15(16)12-18-20-17/h2-10,12-13H,11H2,1H3. The Balaban J connectivity index is 1.78. The largest absolute Gasteiger partial charge is 0.203 e. The third kappa shape index (κ3) is 3.28. The molecule has 0 aliphatic heterocycles. The Morgan fingerprint density at radius 1 is 1.00 bits per heavy atom. The van der Waals surface area contributed by atoms with Crippen molar-refractivity contribution in [2.45, 2.75) is 19.4 Å². The van der Waals surface area contributed by atoms with Gasteiger partial charge in [-0.2, -0.15) is 10.2 Å². The maximum absolute atomic E-state index is 4.36. The van der Waals surface area contributed by atoms with E-state index in [9.17, 15) is 0 Å². The summed E-state index contributed by atoms with van der Waals surface area (Å²) in [4.78, 5) is 0. The van der Waals surface area contributed by atoms with E-state index in [2.05, 4.69) is 39.5 Å². The molecule has 0 fully saturated rings. The van der Waals surface area contributed by atoms with Crippen LogP contribution in [0.4, 0.5) is 5.82 Å². The summed E-state index contributed by atoms with van der Waals surface area (Å²) >= 11 is 0. The number of azo groups is 1. The lowest BCUT2D eigenvalue weighted by molar-refractivity contribution is 0.697. The van der Waals surface area contributed by atoms with E-state index in [0.29, 0.717) is 5.82 Å². The van der Waals surface area contributed by atoms with Gasteiger partial charge in [0, 0.05) is 10.8 Å². The van der Waals surface area contributed by atoms with Crippen molar-refractivity contribution in [3.05, 3.63) is 66.4 Å². The molecule has 0 radical (unpaired) electrons. The summed E-state index contributed by atoms with van der Waals surface area (Å²) in [5.41, 5.74) is 1.26. The molecule has 104 valence electrons. The predicted octanol–water partition coefficient (Wildman–Crippen LogP) is 4.34. The fraction of sp³-hybridized carbons (Fsp3) is 0.176. The van der Waals surface area contributed by atoms with Crippen LogP contribution in [0.2, 0.25) is 0 Å². The average molecular weight is 276 g/mol. The highest BCUT2D eigenvalue weighted by molar-refractivity contribution is 5.89. The van der Waals surface area contributed by atoms with Gasteiger partial charge in [-0.15, -0.1) is 10.2 Å². The predicted molar refractivity (Wildman–Crippen MR) is 83.7 cm³/mol. The molecule has 0 saturated carbocycles. The molecule has 4 nitrogen and oxygen atoms in total. The Hall–Kier alpha value is -2.62. The minimum atomic E-state index is 0.105. The summed E-state index contributed by atoms with van der Waals surface area (Å²) in [7, 11) is 0. The SMILES string of the molecule is CC(Cc1ccccc1)N=Nc1nncc2ccccc12. The number of rotatable bonds is 4. The van der Waals surface area contributed by atoms with Crippen LogP contribution in [0.1, 0.15) is 12.5 Å². The van der Waals surface area contributed by atoms with Crippen LogP contribution in [-0.2, 0) is 6.42 Å². The molecule has 1 unspecified atom stereocenters. The Morgan fingerprint density at radius 3 is 2.62 bits per heavy atom. The first-order chi connectivity index (χ1) is 10.3. The van der Waals surface area contributed by atoms with Gasteiger partial charge in [-0.05, 0) is 18.9 Å².